The van der Waals surface area contributed by atoms with Gasteiger partial charge in [-0.05, 0) is 47.7 Å². The number of hydrogen-bond acceptors (Lipinski definition) is 4. The van der Waals surface area contributed by atoms with Crippen molar-refractivity contribution in [1.82, 2.24) is 4.98 Å². The minimum atomic E-state index is -0.337. The van der Waals surface area contributed by atoms with Crippen molar-refractivity contribution in [2.45, 2.75) is 75.0 Å². The van der Waals surface area contributed by atoms with Crippen LogP contribution < -0.4 is 9.47 Å². The van der Waals surface area contributed by atoms with Gasteiger partial charge in [0, 0.05) is 26.3 Å². The molecule has 2 spiro atoms. The molecule has 0 N–H and O–H groups in total. The quantitative estimate of drug-likeness (QED) is 0.253. The Balaban J connectivity index is 0.00000228. The molecule has 175 valence electrons. The molecule has 1 aromatic heterocycles. The molecule has 4 nitrogen and oxygen atoms in total. The number of aromatic nitrogens is 1. The van der Waals surface area contributed by atoms with Crippen LogP contribution in [0.1, 0.15) is 75.3 Å². The molecule has 3 aliphatic carbocycles. The first-order chi connectivity index (χ1) is 15.6. The third kappa shape index (κ3) is 3.04. The summed E-state index contributed by atoms with van der Waals surface area (Å²) >= 11 is 0. The zero-order chi connectivity index (χ0) is 21.9. The summed E-state index contributed by atoms with van der Waals surface area (Å²) in [6, 6.07) is 9.72. The van der Waals surface area contributed by atoms with Crippen LogP contribution in [0.5, 0.6) is 11.5 Å². The van der Waals surface area contributed by atoms with Crippen LogP contribution in [-0.4, -0.2) is 25.0 Å². The number of nitrogens with zero attached hydrogens (tertiary/aromatic N) is 1. The van der Waals surface area contributed by atoms with Gasteiger partial charge in [-0.15, -0.1) is 10.8 Å². The Bertz CT molecular complexity index is 1240. The maximum Gasteiger partial charge on any atom is 0.153 e. The molecule has 0 bridgehead atoms. The Kier molecular flexibility index (Phi) is 5.77. The number of carbonyl (C=O) groups excluding carboxylic acids is 1. The number of carbonyl (C=O) groups is 1. The summed E-state index contributed by atoms with van der Waals surface area (Å²) < 4.78 is 11.0. The van der Waals surface area contributed by atoms with E-state index in [9.17, 15) is 4.79 Å². The minimum Gasteiger partial charge on any atom is -0.536 e. The van der Waals surface area contributed by atoms with Crippen LogP contribution >= 0.6 is 0 Å². The molecule has 0 aliphatic heterocycles. The van der Waals surface area contributed by atoms with Crippen LogP contribution in [0.15, 0.2) is 24.4 Å². The number of hydrogen-bond donors (Lipinski definition) is 0. The van der Waals surface area contributed by atoms with E-state index in [1.807, 2.05) is 12.3 Å². The number of methoxy groups -OCH3 is 2. The van der Waals surface area contributed by atoms with Crippen molar-refractivity contribution >= 4 is 27.5 Å². The van der Waals surface area contributed by atoms with E-state index in [-0.39, 0.29) is 30.9 Å². The second-order valence-corrected chi connectivity index (χ2v) is 9.96. The number of pyridine rings is 1. The van der Waals surface area contributed by atoms with Gasteiger partial charge < -0.3 is 14.5 Å². The van der Waals surface area contributed by atoms with Crippen molar-refractivity contribution in [1.29, 1.82) is 0 Å². The predicted molar refractivity (Wildman–Crippen MR) is 126 cm³/mol. The number of rotatable bonds is 2. The molecule has 0 unspecified atom stereocenters. The fourth-order valence-electron chi connectivity index (χ4n) is 7.07. The van der Waals surface area contributed by atoms with Gasteiger partial charge in [0.05, 0.1) is 36.5 Å². The SMILES string of the molecule is COc1[c-]c2c(ccc3c4c(cnc32)C2(CCCCC2)C(=O)C42CCCCC2)cc1OC.[Ir]. The Morgan fingerprint density at radius 1 is 0.909 bits per heavy atom. The first-order valence-corrected chi connectivity index (χ1v) is 12.1. The summed E-state index contributed by atoms with van der Waals surface area (Å²) in [4.78, 5) is 19.3. The van der Waals surface area contributed by atoms with E-state index in [0.717, 1.165) is 73.0 Å². The molecule has 2 fully saturated rings. The van der Waals surface area contributed by atoms with Crippen molar-refractivity contribution in [2.75, 3.05) is 14.2 Å². The molecule has 1 heterocycles. The topological polar surface area (TPSA) is 48.4 Å². The molecular formula is C28H30IrNO3-. The number of ether oxygens (including phenoxy) is 2. The van der Waals surface area contributed by atoms with Crippen molar-refractivity contribution in [3.8, 4) is 11.5 Å². The van der Waals surface area contributed by atoms with Crippen LogP contribution in [-0.2, 0) is 35.7 Å². The van der Waals surface area contributed by atoms with Gasteiger partial charge in [-0.2, -0.15) is 0 Å². The number of ketones is 1. The molecule has 2 saturated carbocycles. The van der Waals surface area contributed by atoms with Gasteiger partial charge in [0.25, 0.3) is 0 Å². The summed E-state index contributed by atoms with van der Waals surface area (Å²) in [5, 5.41) is 3.10. The third-order valence-corrected chi connectivity index (χ3v) is 8.52. The van der Waals surface area contributed by atoms with Gasteiger partial charge in [-0.1, -0.05) is 62.8 Å². The number of fused-ring (bicyclic) bond motifs is 7. The summed E-state index contributed by atoms with van der Waals surface area (Å²) in [5.74, 6) is 1.76. The zero-order valence-electron chi connectivity index (χ0n) is 19.4. The van der Waals surface area contributed by atoms with E-state index in [1.165, 1.54) is 24.0 Å². The first kappa shape index (κ1) is 22.8. The van der Waals surface area contributed by atoms with E-state index in [1.54, 1.807) is 14.2 Å². The molecule has 1 radical (unpaired) electrons. The van der Waals surface area contributed by atoms with E-state index in [0.29, 0.717) is 17.3 Å². The second kappa shape index (κ2) is 8.36. The molecule has 3 aromatic rings. The summed E-state index contributed by atoms with van der Waals surface area (Å²) in [6.07, 6.45) is 13.0. The smallest absolute Gasteiger partial charge is 0.153 e. The van der Waals surface area contributed by atoms with Crippen molar-refractivity contribution in [3.63, 3.8) is 0 Å². The van der Waals surface area contributed by atoms with Gasteiger partial charge in [-0.3, -0.25) is 4.79 Å². The average Bonchev–Trinajstić information content (AvgIpc) is 3.04. The van der Waals surface area contributed by atoms with E-state index >= 15 is 0 Å². The normalized spacial score (nSPS) is 20.7. The largest absolute Gasteiger partial charge is 0.536 e. The van der Waals surface area contributed by atoms with Crippen molar-refractivity contribution < 1.29 is 34.4 Å². The average molecular weight is 621 g/mol. The Labute approximate surface area is 208 Å². The fraction of sp³-hybridized carbons (Fsp3) is 0.500. The molecule has 5 heteroatoms. The van der Waals surface area contributed by atoms with Crippen molar-refractivity contribution in [3.05, 3.63) is 41.6 Å². The van der Waals surface area contributed by atoms with Crippen LogP contribution in [0.25, 0.3) is 21.7 Å². The van der Waals surface area contributed by atoms with Gasteiger partial charge in [0.1, 0.15) is 0 Å². The molecule has 3 aliphatic rings. The molecule has 0 amide bonds. The Morgan fingerprint density at radius 2 is 1.58 bits per heavy atom. The third-order valence-electron chi connectivity index (χ3n) is 8.52. The number of benzene rings is 2. The maximum atomic E-state index is 14.3. The molecule has 2 aromatic carbocycles. The summed E-state index contributed by atoms with van der Waals surface area (Å²) in [5.41, 5.74) is 2.79. The Hall–Kier alpha value is -1.97. The molecule has 6 rings (SSSR count). The zero-order valence-corrected chi connectivity index (χ0v) is 21.8. The maximum absolute atomic E-state index is 14.3. The summed E-state index contributed by atoms with van der Waals surface area (Å²) in [7, 11) is 3.28. The van der Waals surface area contributed by atoms with Gasteiger partial charge in [0.15, 0.2) is 5.78 Å². The summed E-state index contributed by atoms with van der Waals surface area (Å²) in [6.45, 7) is 0. The molecule has 0 saturated heterocycles. The first-order valence-electron chi connectivity index (χ1n) is 12.1. The van der Waals surface area contributed by atoms with E-state index in [2.05, 4.69) is 18.2 Å². The number of Topliss-reactive ketones (excluding diaryl/α,β-unsaturated/α-hetero) is 1. The van der Waals surface area contributed by atoms with Crippen LogP contribution in [0, 0.1) is 6.07 Å². The molecular weight excluding hydrogens is 591 g/mol. The fourth-order valence-corrected chi connectivity index (χ4v) is 7.07. The van der Waals surface area contributed by atoms with Crippen LogP contribution in [0.3, 0.4) is 0 Å². The van der Waals surface area contributed by atoms with Gasteiger partial charge in [-0.25, -0.2) is 0 Å². The van der Waals surface area contributed by atoms with Crippen molar-refractivity contribution in [2.24, 2.45) is 0 Å². The molecule has 0 atom stereocenters. The monoisotopic (exact) mass is 621 g/mol. The van der Waals surface area contributed by atoms with Gasteiger partial charge >= 0.3 is 0 Å². The van der Waals surface area contributed by atoms with Gasteiger partial charge in [0.2, 0.25) is 0 Å². The predicted octanol–water partition coefficient (Wildman–Crippen LogP) is 6.19. The molecule has 33 heavy (non-hydrogen) atoms. The van der Waals surface area contributed by atoms with E-state index in [4.69, 9.17) is 14.5 Å². The van der Waals surface area contributed by atoms with Crippen LogP contribution in [0.4, 0.5) is 0 Å². The minimum absolute atomic E-state index is 0. The van der Waals surface area contributed by atoms with Crippen LogP contribution in [0.2, 0.25) is 0 Å². The standard InChI is InChI=1S/C28H30NO3.Ir/c1-31-22-15-18-9-10-19-24-21(17-29-25(19)20(18)16-23(22)32-2)27(11-5-3-6-12-27)26(30)28(24)13-7-4-8-14-28;/h9-10,15,17H,3-8,11-14H2,1-2H3;/q-1;. The van der Waals surface area contributed by atoms with E-state index < -0.39 is 0 Å². The Morgan fingerprint density at radius 3 is 2.21 bits per heavy atom. The second-order valence-electron chi connectivity index (χ2n) is 9.96.